The van der Waals surface area contributed by atoms with Crippen molar-refractivity contribution in [1.82, 2.24) is 10.2 Å². The fraction of sp³-hybridized carbons (Fsp3) is 0.286. The van der Waals surface area contributed by atoms with E-state index in [9.17, 15) is 14.4 Å². The van der Waals surface area contributed by atoms with E-state index in [-0.39, 0.29) is 29.7 Å². The number of aromatic carboxylic acids is 1. The Hall–Kier alpha value is -3.35. The highest BCUT2D eigenvalue weighted by molar-refractivity contribution is 5.89. The van der Waals surface area contributed by atoms with E-state index >= 15 is 0 Å². The summed E-state index contributed by atoms with van der Waals surface area (Å²) < 4.78 is 5.13. The Kier molecular flexibility index (Phi) is 5.93. The lowest BCUT2D eigenvalue weighted by atomic mass is 10.1. The molecule has 7 heteroatoms. The van der Waals surface area contributed by atoms with Crippen LogP contribution >= 0.6 is 0 Å². The minimum absolute atomic E-state index is 0.0400. The first kappa shape index (κ1) is 19.4. The molecule has 28 heavy (non-hydrogen) atoms. The van der Waals surface area contributed by atoms with E-state index < -0.39 is 5.97 Å². The van der Waals surface area contributed by atoms with Gasteiger partial charge in [0.25, 0.3) is 0 Å². The Morgan fingerprint density at radius 3 is 2.36 bits per heavy atom. The Morgan fingerprint density at radius 2 is 1.75 bits per heavy atom. The lowest BCUT2D eigenvalue weighted by Crippen LogP contribution is -2.32. The van der Waals surface area contributed by atoms with Crippen molar-refractivity contribution >= 4 is 17.8 Å². The molecule has 2 amide bonds. The maximum Gasteiger partial charge on any atom is 0.335 e. The SMILES string of the molecule is COc1ccc(CN2C[C@H](C(=O)NCc3ccc(C(=O)O)cc3)CC2=O)cc1. The molecule has 0 unspecified atom stereocenters. The van der Waals surface area contributed by atoms with Crippen LogP contribution in [0.25, 0.3) is 0 Å². The van der Waals surface area contributed by atoms with Crippen molar-refractivity contribution in [3.8, 4) is 5.75 Å². The summed E-state index contributed by atoms with van der Waals surface area (Å²) >= 11 is 0. The summed E-state index contributed by atoms with van der Waals surface area (Å²) in [6.07, 6.45) is 0.194. The molecule has 2 N–H and O–H groups in total. The van der Waals surface area contributed by atoms with Gasteiger partial charge in [-0.2, -0.15) is 0 Å². The summed E-state index contributed by atoms with van der Waals surface area (Å²) in [7, 11) is 1.60. The first-order chi connectivity index (χ1) is 13.5. The summed E-state index contributed by atoms with van der Waals surface area (Å²) in [4.78, 5) is 37.2. The van der Waals surface area contributed by atoms with Gasteiger partial charge in [0, 0.05) is 26.1 Å². The number of nitrogens with one attached hydrogen (secondary N) is 1. The largest absolute Gasteiger partial charge is 0.497 e. The number of likely N-dealkylation sites (tertiary alicyclic amines) is 1. The molecule has 1 fully saturated rings. The first-order valence-electron chi connectivity index (χ1n) is 8.97. The number of methoxy groups -OCH3 is 1. The Balaban J connectivity index is 1.52. The maximum absolute atomic E-state index is 12.4. The zero-order valence-corrected chi connectivity index (χ0v) is 15.6. The maximum atomic E-state index is 12.4. The van der Waals surface area contributed by atoms with E-state index in [1.165, 1.54) is 12.1 Å². The van der Waals surface area contributed by atoms with Crippen LogP contribution in [0.2, 0.25) is 0 Å². The average Bonchev–Trinajstić information content (AvgIpc) is 3.07. The van der Waals surface area contributed by atoms with E-state index in [2.05, 4.69) is 5.32 Å². The van der Waals surface area contributed by atoms with E-state index in [1.54, 1.807) is 24.1 Å². The van der Waals surface area contributed by atoms with Crippen LogP contribution < -0.4 is 10.1 Å². The van der Waals surface area contributed by atoms with Gasteiger partial charge in [0.2, 0.25) is 11.8 Å². The minimum Gasteiger partial charge on any atom is -0.497 e. The van der Waals surface area contributed by atoms with Gasteiger partial charge in [-0.1, -0.05) is 24.3 Å². The molecule has 0 bridgehead atoms. The van der Waals surface area contributed by atoms with Crippen molar-refractivity contribution in [2.24, 2.45) is 5.92 Å². The molecule has 1 heterocycles. The summed E-state index contributed by atoms with van der Waals surface area (Å²) in [5, 5.41) is 11.7. The molecular formula is C21H22N2O5. The third-order valence-corrected chi connectivity index (χ3v) is 4.79. The lowest BCUT2D eigenvalue weighted by molar-refractivity contribution is -0.129. The molecule has 0 aliphatic carbocycles. The van der Waals surface area contributed by atoms with Crippen LogP contribution in [-0.2, 0) is 22.7 Å². The molecule has 2 aromatic carbocycles. The molecule has 146 valence electrons. The molecular weight excluding hydrogens is 360 g/mol. The van der Waals surface area contributed by atoms with E-state index in [1.807, 2.05) is 24.3 Å². The molecule has 0 saturated carbocycles. The van der Waals surface area contributed by atoms with Gasteiger partial charge in [0.1, 0.15) is 5.75 Å². The number of carbonyl (C=O) groups is 3. The van der Waals surface area contributed by atoms with Gasteiger partial charge >= 0.3 is 5.97 Å². The van der Waals surface area contributed by atoms with Gasteiger partial charge in [0.15, 0.2) is 0 Å². The molecule has 1 aliphatic heterocycles. The zero-order chi connectivity index (χ0) is 20.1. The van der Waals surface area contributed by atoms with Gasteiger partial charge in [-0.05, 0) is 35.4 Å². The molecule has 1 saturated heterocycles. The van der Waals surface area contributed by atoms with Crippen LogP contribution in [0.4, 0.5) is 0 Å². The number of hydrogen-bond donors (Lipinski definition) is 2. The number of carbonyl (C=O) groups excluding carboxylic acids is 2. The van der Waals surface area contributed by atoms with Crippen LogP contribution in [0.5, 0.6) is 5.75 Å². The molecule has 2 aromatic rings. The topological polar surface area (TPSA) is 95.9 Å². The quantitative estimate of drug-likeness (QED) is 0.764. The van der Waals surface area contributed by atoms with E-state index in [0.717, 1.165) is 16.9 Å². The number of rotatable bonds is 7. The van der Waals surface area contributed by atoms with Gasteiger partial charge < -0.3 is 20.1 Å². The lowest BCUT2D eigenvalue weighted by Gasteiger charge is -2.17. The molecule has 0 spiro atoms. The highest BCUT2D eigenvalue weighted by atomic mass is 16.5. The van der Waals surface area contributed by atoms with Gasteiger partial charge in [-0.25, -0.2) is 4.79 Å². The predicted molar refractivity (Wildman–Crippen MR) is 102 cm³/mol. The summed E-state index contributed by atoms with van der Waals surface area (Å²) in [6, 6.07) is 13.8. The van der Waals surface area contributed by atoms with E-state index in [0.29, 0.717) is 19.6 Å². The number of ether oxygens (including phenoxy) is 1. The van der Waals surface area contributed by atoms with Crippen LogP contribution in [-0.4, -0.2) is 41.4 Å². The standard InChI is InChI=1S/C21H22N2O5/c1-28-18-8-4-15(5-9-18)12-23-13-17(10-19(23)24)20(25)22-11-14-2-6-16(7-3-14)21(26)27/h2-9,17H,10-13H2,1H3,(H,22,25)(H,26,27)/t17-/m1/s1. The number of carboxylic acids is 1. The number of benzene rings is 2. The summed E-state index contributed by atoms with van der Waals surface area (Å²) in [5.41, 5.74) is 1.98. The molecule has 3 rings (SSSR count). The van der Waals surface area contributed by atoms with Crippen LogP contribution in [0, 0.1) is 5.92 Å². The van der Waals surface area contributed by atoms with Crippen molar-refractivity contribution in [1.29, 1.82) is 0 Å². The molecule has 7 nitrogen and oxygen atoms in total. The van der Waals surface area contributed by atoms with Gasteiger partial charge in [-0.15, -0.1) is 0 Å². The molecule has 1 atom stereocenters. The van der Waals surface area contributed by atoms with E-state index in [4.69, 9.17) is 9.84 Å². The number of hydrogen-bond acceptors (Lipinski definition) is 4. The monoisotopic (exact) mass is 382 g/mol. The van der Waals surface area contributed by atoms with Crippen LogP contribution in [0.3, 0.4) is 0 Å². The number of amides is 2. The van der Waals surface area contributed by atoms with Gasteiger partial charge in [-0.3, -0.25) is 9.59 Å². The average molecular weight is 382 g/mol. The Labute approximate surface area is 162 Å². The number of nitrogens with zero attached hydrogens (tertiary/aromatic N) is 1. The summed E-state index contributed by atoms with van der Waals surface area (Å²) in [6.45, 7) is 1.14. The second-order valence-corrected chi connectivity index (χ2v) is 6.74. The van der Waals surface area contributed by atoms with Gasteiger partial charge in [0.05, 0.1) is 18.6 Å². The van der Waals surface area contributed by atoms with Crippen LogP contribution in [0.15, 0.2) is 48.5 Å². The molecule has 1 aliphatic rings. The Bertz CT molecular complexity index is 861. The zero-order valence-electron chi connectivity index (χ0n) is 15.6. The molecule has 0 radical (unpaired) electrons. The van der Waals surface area contributed by atoms with Crippen molar-refractivity contribution in [3.63, 3.8) is 0 Å². The third kappa shape index (κ3) is 4.68. The summed E-state index contributed by atoms with van der Waals surface area (Å²) in [5.74, 6) is -0.833. The van der Waals surface area contributed by atoms with Crippen molar-refractivity contribution in [3.05, 3.63) is 65.2 Å². The smallest absolute Gasteiger partial charge is 0.335 e. The highest BCUT2D eigenvalue weighted by Gasteiger charge is 2.34. The fourth-order valence-corrected chi connectivity index (χ4v) is 3.15. The van der Waals surface area contributed by atoms with Crippen molar-refractivity contribution in [2.75, 3.05) is 13.7 Å². The second kappa shape index (κ2) is 8.56. The highest BCUT2D eigenvalue weighted by Crippen LogP contribution is 2.21. The third-order valence-electron chi connectivity index (χ3n) is 4.79. The predicted octanol–water partition coefficient (Wildman–Crippen LogP) is 2.06. The minimum atomic E-state index is -0.989. The normalized spacial score (nSPS) is 16.1. The second-order valence-electron chi connectivity index (χ2n) is 6.74. The van der Waals surface area contributed by atoms with Crippen LogP contribution in [0.1, 0.15) is 27.9 Å². The van der Waals surface area contributed by atoms with Crippen molar-refractivity contribution < 1.29 is 24.2 Å². The van der Waals surface area contributed by atoms with Crippen molar-refractivity contribution in [2.45, 2.75) is 19.5 Å². The fourth-order valence-electron chi connectivity index (χ4n) is 3.15. The Morgan fingerprint density at radius 1 is 1.11 bits per heavy atom. The first-order valence-corrected chi connectivity index (χ1v) is 8.97. The number of carboxylic acid groups (broad SMARTS) is 1. The molecule has 0 aromatic heterocycles.